The number of aliphatic hydroxyl groups is 1. The molecule has 2 heteroatoms. The van der Waals surface area contributed by atoms with E-state index in [1.807, 2.05) is 32.0 Å². The molecule has 1 aromatic carbocycles. The number of methoxy groups -OCH3 is 1. The number of aryl methyl sites for hydroxylation is 1. The number of hydrogen-bond donors (Lipinski definition) is 1. The lowest BCUT2D eigenvalue weighted by Gasteiger charge is -2.11. The number of rotatable bonds is 3. The molecule has 0 radical (unpaired) electrons. The summed E-state index contributed by atoms with van der Waals surface area (Å²) in [5.74, 6) is 0.868. The van der Waals surface area contributed by atoms with Gasteiger partial charge >= 0.3 is 0 Å². The maximum Gasteiger partial charge on any atom is 0.121 e. The van der Waals surface area contributed by atoms with Crippen molar-refractivity contribution in [1.82, 2.24) is 0 Å². The molecule has 0 aliphatic rings. The van der Waals surface area contributed by atoms with Gasteiger partial charge in [-0.15, -0.1) is 0 Å². The number of hydrogen-bond acceptors (Lipinski definition) is 2. The van der Waals surface area contributed by atoms with Gasteiger partial charge in [-0.2, -0.15) is 0 Å². The predicted molar refractivity (Wildman–Crippen MR) is 53.0 cm³/mol. The van der Waals surface area contributed by atoms with Gasteiger partial charge in [0, 0.05) is 0 Å². The van der Waals surface area contributed by atoms with Crippen molar-refractivity contribution in [3.05, 3.63) is 29.3 Å². The number of aliphatic hydroxyl groups excluding tert-OH is 1. The second kappa shape index (κ2) is 4.28. The zero-order chi connectivity index (χ0) is 9.84. The fourth-order valence-corrected chi connectivity index (χ4v) is 1.34. The minimum atomic E-state index is -0.357. The minimum Gasteiger partial charge on any atom is -0.496 e. The summed E-state index contributed by atoms with van der Waals surface area (Å²) in [7, 11) is 1.65. The van der Waals surface area contributed by atoms with Crippen molar-refractivity contribution in [3.63, 3.8) is 0 Å². The molecule has 0 aromatic heterocycles. The highest BCUT2D eigenvalue weighted by atomic mass is 16.5. The first-order chi connectivity index (χ1) is 6.19. The van der Waals surface area contributed by atoms with Gasteiger partial charge in [0.1, 0.15) is 5.75 Å². The van der Waals surface area contributed by atoms with Crippen LogP contribution in [0.3, 0.4) is 0 Å². The van der Waals surface area contributed by atoms with Crippen LogP contribution in [0.15, 0.2) is 18.2 Å². The van der Waals surface area contributed by atoms with E-state index in [9.17, 15) is 5.11 Å². The third kappa shape index (κ3) is 2.22. The van der Waals surface area contributed by atoms with E-state index in [0.29, 0.717) is 0 Å². The first-order valence-electron chi connectivity index (χ1n) is 4.51. The van der Waals surface area contributed by atoms with Gasteiger partial charge in [-0.3, -0.25) is 0 Å². The first kappa shape index (κ1) is 10.1. The molecule has 0 saturated heterocycles. The van der Waals surface area contributed by atoms with Crippen molar-refractivity contribution in [2.45, 2.75) is 26.4 Å². The normalized spacial score (nSPS) is 12.6. The van der Waals surface area contributed by atoms with Gasteiger partial charge in [-0.05, 0) is 36.6 Å². The maximum atomic E-state index is 9.58. The summed E-state index contributed by atoms with van der Waals surface area (Å²) in [4.78, 5) is 0. The lowest BCUT2D eigenvalue weighted by molar-refractivity contribution is 0.173. The van der Waals surface area contributed by atoms with E-state index in [1.165, 1.54) is 0 Å². The smallest absolute Gasteiger partial charge is 0.121 e. The summed E-state index contributed by atoms with van der Waals surface area (Å²) in [6.45, 7) is 3.94. The van der Waals surface area contributed by atoms with Crippen LogP contribution in [0, 0.1) is 6.92 Å². The van der Waals surface area contributed by atoms with Crippen LogP contribution in [-0.2, 0) is 0 Å². The Morgan fingerprint density at radius 1 is 1.46 bits per heavy atom. The molecule has 0 saturated carbocycles. The Balaban J connectivity index is 2.95. The monoisotopic (exact) mass is 180 g/mol. The molecule has 1 atom stereocenters. The molecule has 0 spiro atoms. The van der Waals surface area contributed by atoms with Crippen molar-refractivity contribution in [2.24, 2.45) is 0 Å². The van der Waals surface area contributed by atoms with Crippen LogP contribution in [-0.4, -0.2) is 12.2 Å². The summed E-state index contributed by atoms with van der Waals surface area (Å²) < 4.78 is 5.13. The average molecular weight is 180 g/mol. The first-order valence-corrected chi connectivity index (χ1v) is 4.51. The van der Waals surface area contributed by atoms with Crippen LogP contribution in [0.4, 0.5) is 0 Å². The summed E-state index contributed by atoms with van der Waals surface area (Å²) in [6, 6.07) is 5.76. The molecule has 1 aromatic rings. The van der Waals surface area contributed by atoms with Crippen LogP contribution in [0.25, 0.3) is 0 Å². The zero-order valence-corrected chi connectivity index (χ0v) is 8.37. The Kier molecular flexibility index (Phi) is 3.32. The second-order valence-corrected chi connectivity index (χ2v) is 3.15. The maximum absolute atomic E-state index is 9.58. The second-order valence-electron chi connectivity index (χ2n) is 3.15. The summed E-state index contributed by atoms with van der Waals surface area (Å²) in [5.41, 5.74) is 2.02. The van der Waals surface area contributed by atoms with E-state index in [4.69, 9.17) is 4.74 Å². The summed E-state index contributed by atoms with van der Waals surface area (Å²) in [5, 5.41) is 9.58. The highest BCUT2D eigenvalue weighted by molar-refractivity contribution is 5.36. The van der Waals surface area contributed by atoms with Crippen molar-refractivity contribution < 1.29 is 9.84 Å². The Morgan fingerprint density at radius 2 is 2.15 bits per heavy atom. The Hall–Kier alpha value is -1.02. The SMILES string of the molecule is CC[C@@H](O)c1ccc(OC)c(C)c1. The predicted octanol–water partition coefficient (Wildman–Crippen LogP) is 2.45. The van der Waals surface area contributed by atoms with Crippen molar-refractivity contribution in [1.29, 1.82) is 0 Å². The number of benzene rings is 1. The van der Waals surface area contributed by atoms with Gasteiger partial charge in [0.05, 0.1) is 13.2 Å². The largest absolute Gasteiger partial charge is 0.496 e. The fourth-order valence-electron chi connectivity index (χ4n) is 1.34. The Morgan fingerprint density at radius 3 is 2.62 bits per heavy atom. The topological polar surface area (TPSA) is 29.5 Å². The van der Waals surface area contributed by atoms with Gasteiger partial charge in [-0.25, -0.2) is 0 Å². The lowest BCUT2D eigenvalue weighted by atomic mass is 10.0. The molecule has 2 nitrogen and oxygen atoms in total. The van der Waals surface area contributed by atoms with Gasteiger partial charge < -0.3 is 9.84 Å². The number of ether oxygens (including phenoxy) is 1. The average Bonchev–Trinajstić information content (AvgIpc) is 2.16. The Bertz CT molecular complexity index is 281. The minimum absolute atomic E-state index is 0.357. The van der Waals surface area contributed by atoms with E-state index in [0.717, 1.165) is 23.3 Å². The van der Waals surface area contributed by atoms with E-state index in [2.05, 4.69) is 0 Å². The highest BCUT2D eigenvalue weighted by Gasteiger charge is 2.06. The molecular weight excluding hydrogens is 164 g/mol. The van der Waals surface area contributed by atoms with Gasteiger partial charge in [0.25, 0.3) is 0 Å². The summed E-state index contributed by atoms with van der Waals surface area (Å²) in [6.07, 6.45) is 0.385. The molecule has 0 amide bonds. The van der Waals surface area contributed by atoms with Crippen LogP contribution in [0.5, 0.6) is 5.75 Å². The molecule has 1 N–H and O–H groups in total. The molecule has 1 rings (SSSR count). The molecule has 0 aliphatic heterocycles. The molecular formula is C11H16O2. The van der Waals surface area contributed by atoms with Crippen LogP contribution in [0.2, 0.25) is 0 Å². The van der Waals surface area contributed by atoms with Crippen LogP contribution < -0.4 is 4.74 Å². The van der Waals surface area contributed by atoms with Crippen LogP contribution >= 0.6 is 0 Å². The highest BCUT2D eigenvalue weighted by Crippen LogP contribution is 2.23. The van der Waals surface area contributed by atoms with Gasteiger partial charge in [0.15, 0.2) is 0 Å². The molecule has 13 heavy (non-hydrogen) atoms. The molecule has 0 fully saturated rings. The van der Waals surface area contributed by atoms with Gasteiger partial charge in [0.2, 0.25) is 0 Å². The molecule has 0 aliphatic carbocycles. The molecule has 0 heterocycles. The third-order valence-corrected chi connectivity index (χ3v) is 2.19. The third-order valence-electron chi connectivity index (χ3n) is 2.19. The van der Waals surface area contributed by atoms with Crippen molar-refractivity contribution in [2.75, 3.05) is 7.11 Å². The standard InChI is InChI=1S/C11H16O2/c1-4-10(12)9-5-6-11(13-3)8(2)7-9/h5-7,10,12H,4H2,1-3H3/t10-/m1/s1. The van der Waals surface area contributed by atoms with Gasteiger partial charge in [-0.1, -0.05) is 13.0 Å². The van der Waals surface area contributed by atoms with E-state index < -0.39 is 0 Å². The van der Waals surface area contributed by atoms with E-state index in [1.54, 1.807) is 7.11 Å². The zero-order valence-electron chi connectivity index (χ0n) is 8.37. The summed E-state index contributed by atoms with van der Waals surface area (Å²) >= 11 is 0. The lowest BCUT2D eigenvalue weighted by Crippen LogP contribution is -1.96. The molecule has 72 valence electrons. The fraction of sp³-hybridized carbons (Fsp3) is 0.455. The molecule has 0 bridgehead atoms. The van der Waals surface area contributed by atoms with E-state index in [-0.39, 0.29) is 6.10 Å². The van der Waals surface area contributed by atoms with Crippen molar-refractivity contribution in [3.8, 4) is 5.75 Å². The van der Waals surface area contributed by atoms with E-state index >= 15 is 0 Å². The molecule has 0 unspecified atom stereocenters. The Labute approximate surface area is 79.2 Å². The van der Waals surface area contributed by atoms with Crippen LogP contribution in [0.1, 0.15) is 30.6 Å². The quantitative estimate of drug-likeness (QED) is 0.774. The van der Waals surface area contributed by atoms with Crippen molar-refractivity contribution >= 4 is 0 Å².